The summed E-state index contributed by atoms with van der Waals surface area (Å²) in [6.07, 6.45) is 8.22. The maximum atomic E-state index is 4.93. The van der Waals surface area contributed by atoms with E-state index in [0.717, 1.165) is 6.54 Å². The van der Waals surface area contributed by atoms with E-state index in [1.54, 1.807) is 0 Å². The fraction of sp³-hybridized carbons (Fsp3) is 1.00. The van der Waals surface area contributed by atoms with Crippen molar-refractivity contribution in [2.45, 2.75) is 44.6 Å². The van der Waals surface area contributed by atoms with Crippen LogP contribution in [0.5, 0.6) is 0 Å². The van der Waals surface area contributed by atoms with Crippen LogP contribution < -0.4 is 11.2 Å². The van der Waals surface area contributed by atoms with Crippen molar-refractivity contribution < 1.29 is 4.84 Å². The molecule has 0 atom stereocenters. The monoisotopic (exact) mass is 172 g/mol. The Morgan fingerprint density at radius 3 is 2.42 bits per heavy atom. The lowest BCUT2D eigenvalue weighted by Gasteiger charge is -2.15. The van der Waals surface area contributed by atoms with E-state index in [1.165, 1.54) is 38.5 Å². The summed E-state index contributed by atoms with van der Waals surface area (Å²) in [4.78, 5) is 4.50. The molecular weight excluding hydrogens is 152 g/mol. The zero-order valence-electron chi connectivity index (χ0n) is 7.72. The van der Waals surface area contributed by atoms with Crippen molar-refractivity contribution in [1.29, 1.82) is 0 Å². The van der Waals surface area contributed by atoms with Crippen LogP contribution in [0.4, 0.5) is 0 Å². The first kappa shape index (κ1) is 9.96. The highest BCUT2D eigenvalue weighted by Gasteiger charge is 2.10. The molecule has 1 aliphatic carbocycles. The summed E-state index contributed by atoms with van der Waals surface area (Å²) in [5, 5.41) is 3.46. The predicted molar refractivity (Wildman–Crippen MR) is 49.6 cm³/mol. The lowest BCUT2D eigenvalue weighted by molar-refractivity contribution is 0.136. The summed E-state index contributed by atoms with van der Waals surface area (Å²) in [6.45, 7) is 1.51. The van der Waals surface area contributed by atoms with Crippen LogP contribution in [0.25, 0.3) is 0 Å². The second kappa shape index (κ2) is 6.40. The highest BCUT2D eigenvalue weighted by molar-refractivity contribution is 4.69. The molecule has 1 rings (SSSR count). The lowest BCUT2D eigenvalue weighted by Crippen LogP contribution is -2.32. The van der Waals surface area contributed by atoms with Crippen molar-refractivity contribution in [2.24, 2.45) is 5.90 Å². The molecule has 1 saturated carbocycles. The zero-order valence-corrected chi connectivity index (χ0v) is 7.72. The van der Waals surface area contributed by atoms with Crippen LogP contribution >= 0.6 is 0 Å². The third-order valence-electron chi connectivity index (χ3n) is 2.51. The van der Waals surface area contributed by atoms with E-state index in [4.69, 9.17) is 5.90 Å². The van der Waals surface area contributed by atoms with E-state index in [-0.39, 0.29) is 0 Å². The van der Waals surface area contributed by atoms with Gasteiger partial charge in [-0.3, -0.25) is 0 Å². The second-order valence-electron chi connectivity index (χ2n) is 3.51. The highest BCUT2D eigenvalue weighted by atomic mass is 16.6. The Hall–Kier alpha value is -0.120. The molecule has 3 N–H and O–H groups in total. The number of nitrogens with two attached hydrogens (primary N) is 1. The highest BCUT2D eigenvalue weighted by Crippen LogP contribution is 2.16. The van der Waals surface area contributed by atoms with Gasteiger partial charge in [0.15, 0.2) is 0 Å². The van der Waals surface area contributed by atoms with Crippen molar-refractivity contribution in [2.75, 3.05) is 13.2 Å². The van der Waals surface area contributed by atoms with Gasteiger partial charge in [0.2, 0.25) is 0 Å². The molecular formula is C9H20N2O. The van der Waals surface area contributed by atoms with Crippen LogP contribution in [0, 0.1) is 0 Å². The van der Waals surface area contributed by atoms with Gasteiger partial charge in [-0.2, -0.15) is 0 Å². The molecule has 3 heteroatoms. The largest absolute Gasteiger partial charge is 0.312 e. The quantitative estimate of drug-likeness (QED) is 0.380. The molecule has 0 aromatic heterocycles. The molecule has 72 valence electrons. The molecule has 12 heavy (non-hydrogen) atoms. The number of rotatable bonds is 4. The summed E-state index contributed by atoms with van der Waals surface area (Å²) in [5.74, 6) is 4.93. The van der Waals surface area contributed by atoms with Crippen LogP contribution in [0.2, 0.25) is 0 Å². The van der Waals surface area contributed by atoms with Gasteiger partial charge in [-0.1, -0.05) is 25.7 Å². The van der Waals surface area contributed by atoms with E-state index >= 15 is 0 Å². The average molecular weight is 172 g/mol. The van der Waals surface area contributed by atoms with Crippen molar-refractivity contribution >= 4 is 0 Å². The van der Waals surface area contributed by atoms with Crippen LogP contribution in [0.3, 0.4) is 0 Å². The van der Waals surface area contributed by atoms with Gasteiger partial charge >= 0.3 is 0 Å². The van der Waals surface area contributed by atoms with Gasteiger partial charge < -0.3 is 10.2 Å². The van der Waals surface area contributed by atoms with Crippen molar-refractivity contribution in [1.82, 2.24) is 5.32 Å². The van der Waals surface area contributed by atoms with Gasteiger partial charge in [0.05, 0.1) is 6.61 Å². The summed E-state index contributed by atoms with van der Waals surface area (Å²) < 4.78 is 0. The topological polar surface area (TPSA) is 47.3 Å². The van der Waals surface area contributed by atoms with E-state index < -0.39 is 0 Å². The summed E-state index contributed by atoms with van der Waals surface area (Å²) in [6, 6.07) is 0.711. The number of hydrogen-bond donors (Lipinski definition) is 2. The fourth-order valence-corrected chi connectivity index (χ4v) is 1.81. The zero-order chi connectivity index (χ0) is 8.65. The summed E-state index contributed by atoms with van der Waals surface area (Å²) >= 11 is 0. The standard InChI is InChI=1S/C9H20N2O/c10-12-8-7-11-9-5-3-1-2-4-6-9/h9,11H,1-8,10H2. The number of nitrogens with one attached hydrogen (secondary N) is 1. The molecule has 0 amide bonds. The van der Waals surface area contributed by atoms with Gasteiger partial charge in [-0.25, -0.2) is 5.90 Å². The molecule has 1 aliphatic rings. The maximum absolute atomic E-state index is 4.93. The molecule has 0 aromatic carbocycles. The Balaban J connectivity index is 2.04. The van der Waals surface area contributed by atoms with Crippen molar-refractivity contribution in [3.8, 4) is 0 Å². The molecule has 0 spiro atoms. The smallest absolute Gasteiger partial charge is 0.0803 e. The van der Waals surface area contributed by atoms with E-state index in [2.05, 4.69) is 10.2 Å². The molecule has 0 aromatic rings. The molecule has 1 fully saturated rings. The minimum Gasteiger partial charge on any atom is -0.312 e. The Morgan fingerprint density at radius 1 is 1.17 bits per heavy atom. The second-order valence-corrected chi connectivity index (χ2v) is 3.51. The van der Waals surface area contributed by atoms with Crippen LogP contribution in [-0.2, 0) is 4.84 Å². The summed E-state index contributed by atoms with van der Waals surface area (Å²) in [5.41, 5.74) is 0. The maximum Gasteiger partial charge on any atom is 0.0803 e. The van der Waals surface area contributed by atoms with Gasteiger partial charge in [0.1, 0.15) is 0 Å². The Labute approximate surface area is 74.6 Å². The van der Waals surface area contributed by atoms with Crippen LogP contribution in [-0.4, -0.2) is 19.2 Å². The van der Waals surface area contributed by atoms with Crippen molar-refractivity contribution in [3.05, 3.63) is 0 Å². The third kappa shape index (κ3) is 4.04. The Morgan fingerprint density at radius 2 is 1.83 bits per heavy atom. The average Bonchev–Trinajstić information content (AvgIpc) is 2.33. The van der Waals surface area contributed by atoms with Crippen LogP contribution in [0.15, 0.2) is 0 Å². The van der Waals surface area contributed by atoms with Gasteiger partial charge in [0.25, 0.3) is 0 Å². The Kier molecular flexibility index (Phi) is 5.32. The van der Waals surface area contributed by atoms with Gasteiger partial charge in [-0.15, -0.1) is 0 Å². The molecule has 0 radical (unpaired) electrons. The third-order valence-corrected chi connectivity index (χ3v) is 2.51. The summed E-state index contributed by atoms with van der Waals surface area (Å²) in [7, 11) is 0. The normalized spacial score (nSPS) is 20.8. The first-order chi connectivity index (χ1) is 5.93. The molecule has 0 aliphatic heterocycles. The molecule has 3 nitrogen and oxygen atoms in total. The number of hydrogen-bond acceptors (Lipinski definition) is 3. The minimum atomic E-state index is 0.622. The SMILES string of the molecule is NOCCNC1CCCCCC1. The Bertz CT molecular complexity index is 101. The van der Waals surface area contributed by atoms with Gasteiger partial charge in [-0.05, 0) is 12.8 Å². The van der Waals surface area contributed by atoms with Crippen LogP contribution in [0.1, 0.15) is 38.5 Å². The lowest BCUT2D eigenvalue weighted by atomic mass is 10.1. The van der Waals surface area contributed by atoms with E-state index in [1.807, 2.05) is 0 Å². The predicted octanol–water partition coefficient (Wildman–Crippen LogP) is 1.19. The first-order valence-electron chi connectivity index (χ1n) is 4.98. The molecule has 0 heterocycles. The van der Waals surface area contributed by atoms with Crippen molar-refractivity contribution in [3.63, 3.8) is 0 Å². The van der Waals surface area contributed by atoms with Gasteiger partial charge in [0, 0.05) is 12.6 Å². The van der Waals surface area contributed by atoms with E-state index in [9.17, 15) is 0 Å². The molecule has 0 bridgehead atoms. The first-order valence-corrected chi connectivity index (χ1v) is 4.98. The minimum absolute atomic E-state index is 0.622. The molecule has 0 saturated heterocycles. The molecule has 0 unspecified atom stereocenters. The van der Waals surface area contributed by atoms with E-state index in [0.29, 0.717) is 12.6 Å². The fourth-order valence-electron chi connectivity index (χ4n) is 1.81.